The van der Waals surface area contributed by atoms with Crippen molar-refractivity contribution in [3.05, 3.63) is 12.7 Å². The van der Waals surface area contributed by atoms with Gasteiger partial charge in [-0.05, 0) is 31.1 Å². The number of hydrogen-bond acceptors (Lipinski definition) is 1. The smallest absolute Gasteiger partial charge is 0.289 e. The molecule has 0 aromatic carbocycles. The van der Waals surface area contributed by atoms with E-state index >= 15 is 0 Å². The lowest BCUT2D eigenvalue weighted by Gasteiger charge is -2.33. The van der Waals surface area contributed by atoms with E-state index in [9.17, 15) is 18.0 Å². The summed E-state index contributed by atoms with van der Waals surface area (Å²) in [5.74, 6) is -1.43. The zero-order valence-corrected chi connectivity index (χ0v) is 8.31. The minimum atomic E-state index is -4.72. The minimum absolute atomic E-state index is 0.130. The van der Waals surface area contributed by atoms with Gasteiger partial charge in [0.2, 0.25) is 5.78 Å². The molecule has 2 fully saturated rings. The highest BCUT2D eigenvalue weighted by Crippen LogP contribution is 2.58. The van der Waals surface area contributed by atoms with Crippen molar-refractivity contribution in [2.24, 2.45) is 17.3 Å². The molecule has 0 aliphatic heterocycles. The molecular formula is C11H13F3O. The largest absolute Gasteiger partial charge is 0.450 e. The lowest BCUT2D eigenvalue weighted by Crippen LogP contribution is -2.43. The van der Waals surface area contributed by atoms with E-state index in [-0.39, 0.29) is 5.92 Å². The van der Waals surface area contributed by atoms with Gasteiger partial charge in [-0.2, -0.15) is 13.2 Å². The van der Waals surface area contributed by atoms with E-state index in [0.29, 0.717) is 12.3 Å². The third kappa shape index (κ3) is 1.42. The van der Waals surface area contributed by atoms with Gasteiger partial charge in [0.1, 0.15) is 0 Å². The zero-order chi connectivity index (χ0) is 11.3. The molecule has 0 saturated heterocycles. The molecule has 0 radical (unpaired) electrons. The molecule has 0 aromatic heterocycles. The van der Waals surface area contributed by atoms with Crippen molar-refractivity contribution in [3.8, 4) is 0 Å². The van der Waals surface area contributed by atoms with Crippen LogP contribution < -0.4 is 0 Å². The third-order valence-electron chi connectivity index (χ3n) is 3.94. The first-order valence-corrected chi connectivity index (χ1v) is 5.15. The van der Waals surface area contributed by atoms with Crippen LogP contribution in [0.1, 0.15) is 25.7 Å². The van der Waals surface area contributed by atoms with E-state index < -0.39 is 17.4 Å². The molecule has 0 aromatic rings. The topological polar surface area (TPSA) is 17.1 Å². The van der Waals surface area contributed by atoms with Crippen LogP contribution in [-0.4, -0.2) is 12.0 Å². The van der Waals surface area contributed by atoms with Gasteiger partial charge in [-0.15, -0.1) is 6.58 Å². The summed E-state index contributed by atoms with van der Waals surface area (Å²) in [6.45, 7) is 3.45. The monoisotopic (exact) mass is 218 g/mol. The number of alkyl halides is 3. The molecule has 0 heterocycles. The van der Waals surface area contributed by atoms with Gasteiger partial charge >= 0.3 is 6.18 Å². The summed E-state index contributed by atoms with van der Waals surface area (Å²) in [5, 5.41) is 0. The summed E-state index contributed by atoms with van der Waals surface area (Å²) in [5.41, 5.74) is -1.30. The van der Waals surface area contributed by atoms with Gasteiger partial charge in [-0.1, -0.05) is 12.5 Å². The van der Waals surface area contributed by atoms with Gasteiger partial charge in [-0.3, -0.25) is 4.79 Å². The number of fused-ring (bicyclic) bond motifs is 2. The summed E-state index contributed by atoms with van der Waals surface area (Å²) in [7, 11) is 0. The number of carbonyl (C=O) groups is 1. The predicted octanol–water partition coefficient (Wildman–Crippen LogP) is 3.11. The number of rotatable bonds is 2. The van der Waals surface area contributed by atoms with Crippen molar-refractivity contribution in [1.82, 2.24) is 0 Å². The van der Waals surface area contributed by atoms with Crippen LogP contribution in [0.2, 0.25) is 0 Å². The Balaban J connectivity index is 2.31. The Kier molecular flexibility index (Phi) is 2.21. The van der Waals surface area contributed by atoms with Crippen LogP contribution in [0, 0.1) is 17.3 Å². The van der Waals surface area contributed by atoms with Crippen LogP contribution >= 0.6 is 0 Å². The molecule has 2 saturated carbocycles. The summed E-state index contributed by atoms with van der Waals surface area (Å²) >= 11 is 0. The Bertz CT molecular complexity index is 307. The van der Waals surface area contributed by atoms with Crippen molar-refractivity contribution in [2.75, 3.05) is 0 Å². The third-order valence-corrected chi connectivity index (χ3v) is 3.94. The van der Waals surface area contributed by atoms with Crippen LogP contribution in [0.15, 0.2) is 12.7 Å². The molecule has 15 heavy (non-hydrogen) atoms. The van der Waals surface area contributed by atoms with E-state index in [2.05, 4.69) is 6.58 Å². The molecule has 0 N–H and O–H groups in total. The normalized spacial score (nSPS) is 39.4. The highest BCUT2D eigenvalue weighted by atomic mass is 19.4. The molecule has 0 spiro atoms. The summed E-state index contributed by atoms with van der Waals surface area (Å²) in [6.07, 6.45) is -0.678. The highest BCUT2D eigenvalue weighted by molar-refractivity contribution is 5.92. The van der Waals surface area contributed by atoms with Gasteiger partial charge in [-0.25, -0.2) is 0 Å². The van der Waals surface area contributed by atoms with Gasteiger partial charge in [0.05, 0.1) is 5.41 Å². The molecule has 2 rings (SSSR count). The quantitative estimate of drug-likeness (QED) is 0.651. The van der Waals surface area contributed by atoms with Crippen molar-refractivity contribution in [3.63, 3.8) is 0 Å². The van der Waals surface area contributed by atoms with Crippen LogP contribution in [0.3, 0.4) is 0 Å². The number of ketones is 1. The van der Waals surface area contributed by atoms with Gasteiger partial charge in [0.25, 0.3) is 0 Å². The summed E-state index contributed by atoms with van der Waals surface area (Å²) < 4.78 is 37.4. The molecule has 4 heteroatoms. The van der Waals surface area contributed by atoms with E-state index in [1.165, 1.54) is 6.08 Å². The number of halogens is 3. The zero-order valence-electron chi connectivity index (χ0n) is 8.31. The molecule has 84 valence electrons. The van der Waals surface area contributed by atoms with Gasteiger partial charge in [0.15, 0.2) is 0 Å². The maximum Gasteiger partial charge on any atom is 0.450 e. The minimum Gasteiger partial charge on any atom is -0.289 e. The summed E-state index contributed by atoms with van der Waals surface area (Å²) in [6, 6.07) is 0. The molecular weight excluding hydrogens is 205 g/mol. The number of allylic oxidation sites excluding steroid dienone is 1. The molecule has 2 aliphatic rings. The Morgan fingerprint density at radius 2 is 2.07 bits per heavy atom. The van der Waals surface area contributed by atoms with Gasteiger partial charge < -0.3 is 0 Å². The molecule has 2 aliphatic carbocycles. The van der Waals surface area contributed by atoms with Crippen LogP contribution in [0.5, 0.6) is 0 Å². The van der Waals surface area contributed by atoms with Crippen LogP contribution in [0.4, 0.5) is 13.2 Å². The van der Waals surface area contributed by atoms with Crippen molar-refractivity contribution >= 4 is 5.78 Å². The van der Waals surface area contributed by atoms with E-state index in [0.717, 1.165) is 19.3 Å². The molecule has 3 unspecified atom stereocenters. The first kappa shape index (κ1) is 10.7. The standard InChI is InChI=1S/C11H13F3O/c1-2-10(9(15)11(12,13)14)6-7-3-4-8(10)5-7/h2,7-8H,1,3-6H2. The average Bonchev–Trinajstić information content (AvgIpc) is 2.74. The molecule has 2 bridgehead atoms. The SMILES string of the molecule is C=CC1(C(=O)C(F)(F)F)CC2CCC1C2. The Morgan fingerprint density at radius 1 is 1.40 bits per heavy atom. The second-order valence-corrected chi connectivity index (χ2v) is 4.65. The second kappa shape index (κ2) is 3.09. The Hall–Kier alpha value is -0.800. The lowest BCUT2D eigenvalue weighted by molar-refractivity contribution is -0.182. The van der Waals surface area contributed by atoms with Crippen LogP contribution in [-0.2, 0) is 4.79 Å². The second-order valence-electron chi connectivity index (χ2n) is 4.65. The fourth-order valence-electron chi connectivity index (χ4n) is 3.26. The lowest BCUT2D eigenvalue weighted by atomic mass is 9.70. The van der Waals surface area contributed by atoms with E-state index in [1.807, 2.05) is 0 Å². The van der Waals surface area contributed by atoms with Crippen molar-refractivity contribution in [1.29, 1.82) is 0 Å². The fourth-order valence-corrected chi connectivity index (χ4v) is 3.26. The Morgan fingerprint density at radius 3 is 2.40 bits per heavy atom. The van der Waals surface area contributed by atoms with Crippen molar-refractivity contribution in [2.45, 2.75) is 31.9 Å². The first-order chi connectivity index (χ1) is 6.90. The number of carbonyl (C=O) groups excluding carboxylic acids is 1. The van der Waals surface area contributed by atoms with E-state index in [1.54, 1.807) is 0 Å². The molecule has 3 atom stereocenters. The number of Topliss-reactive ketones (excluding diaryl/α,β-unsaturated/α-hetero) is 1. The fraction of sp³-hybridized carbons (Fsp3) is 0.727. The van der Waals surface area contributed by atoms with Crippen LogP contribution in [0.25, 0.3) is 0 Å². The maximum atomic E-state index is 12.5. The summed E-state index contributed by atoms with van der Waals surface area (Å²) in [4.78, 5) is 11.4. The highest BCUT2D eigenvalue weighted by Gasteiger charge is 2.60. The predicted molar refractivity (Wildman–Crippen MR) is 49.1 cm³/mol. The number of hydrogen-bond donors (Lipinski definition) is 0. The van der Waals surface area contributed by atoms with Crippen molar-refractivity contribution < 1.29 is 18.0 Å². The average molecular weight is 218 g/mol. The molecule has 0 amide bonds. The van der Waals surface area contributed by atoms with E-state index in [4.69, 9.17) is 0 Å². The Labute approximate surface area is 86.3 Å². The first-order valence-electron chi connectivity index (χ1n) is 5.15. The maximum absolute atomic E-state index is 12.5. The van der Waals surface area contributed by atoms with Gasteiger partial charge in [0, 0.05) is 0 Å². The molecule has 1 nitrogen and oxygen atoms in total.